The molecule has 1 aromatic rings. The molecule has 5 heteroatoms. The first kappa shape index (κ1) is 17.2. The van der Waals surface area contributed by atoms with Crippen LogP contribution in [0.1, 0.15) is 25.3 Å². The number of hydrogen-bond acceptors (Lipinski definition) is 2. The van der Waals surface area contributed by atoms with Gasteiger partial charge in [0.15, 0.2) is 0 Å². The number of carbonyl (C=O) groups is 1. The van der Waals surface area contributed by atoms with E-state index in [0.29, 0.717) is 17.9 Å². The summed E-state index contributed by atoms with van der Waals surface area (Å²) >= 11 is 6.03. The van der Waals surface area contributed by atoms with E-state index in [1.165, 1.54) is 0 Å². The molecule has 0 saturated carbocycles. The van der Waals surface area contributed by atoms with Gasteiger partial charge in [0.25, 0.3) is 0 Å². The molecule has 0 radical (unpaired) electrons. The molecule has 1 rings (SSSR count). The predicted molar refractivity (Wildman–Crippen MR) is 79.7 cm³/mol. The molecule has 2 N–H and O–H groups in total. The van der Waals surface area contributed by atoms with E-state index >= 15 is 0 Å². The summed E-state index contributed by atoms with van der Waals surface area (Å²) in [6.07, 6.45) is 1.16. The van der Waals surface area contributed by atoms with Crippen LogP contribution in [-0.2, 0) is 4.79 Å². The highest BCUT2D eigenvalue weighted by Crippen LogP contribution is 2.22. The van der Waals surface area contributed by atoms with Crippen molar-refractivity contribution in [1.29, 1.82) is 0 Å². The Balaban J connectivity index is 0.00000289. The Kier molecular flexibility index (Phi) is 7.29. The first-order valence-electron chi connectivity index (χ1n) is 5.70. The summed E-state index contributed by atoms with van der Waals surface area (Å²) in [5.41, 5.74) is 7.45. The fourth-order valence-electron chi connectivity index (χ4n) is 1.45. The quantitative estimate of drug-likeness (QED) is 0.926. The average molecular weight is 291 g/mol. The second-order valence-electron chi connectivity index (χ2n) is 4.40. The third kappa shape index (κ3) is 4.84. The molecule has 18 heavy (non-hydrogen) atoms. The Hall–Kier alpha value is -0.770. The molecule has 0 heterocycles. The molecule has 1 atom stereocenters. The molecule has 0 spiro atoms. The molecule has 1 aromatic carbocycles. The highest BCUT2D eigenvalue weighted by atomic mass is 35.5. The van der Waals surface area contributed by atoms with Crippen molar-refractivity contribution < 1.29 is 4.79 Å². The van der Waals surface area contributed by atoms with Crippen LogP contribution in [0.3, 0.4) is 0 Å². The number of halogens is 2. The number of amides is 1. The molecule has 0 fully saturated rings. The van der Waals surface area contributed by atoms with Crippen LogP contribution in [0.15, 0.2) is 18.2 Å². The van der Waals surface area contributed by atoms with Gasteiger partial charge in [0.05, 0.1) is 0 Å². The largest absolute Gasteiger partial charge is 0.328 e. The molecule has 3 nitrogen and oxygen atoms in total. The predicted octanol–water partition coefficient (Wildman–Crippen LogP) is 3.16. The van der Waals surface area contributed by atoms with Crippen molar-refractivity contribution in [3.8, 4) is 0 Å². The number of nitrogens with two attached hydrogens (primary N) is 1. The Labute approximate surface area is 120 Å². The zero-order chi connectivity index (χ0) is 13.0. The van der Waals surface area contributed by atoms with E-state index in [9.17, 15) is 4.79 Å². The zero-order valence-electron chi connectivity index (χ0n) is 10.9. The molecule has 0 bridgehead atoms. The molecule has 0 aliphatic carbocycles. The third-order valence-corrected chi connectivity index (χ3v) is 3.14. The van der Waals surface area contributed by atoms with Gasteiger partial charge in [-0.2, -0.15) is 0 Å². The molecule has 102 valence electrons. The Bertz CT molecular complexity index is 408. The minimum absolute atomic E-state index is 0. The van der Waals surface area contributed by atoms with Crippen molar-refractivity contribution in [2.45, 2.75) is 32.7 Å². The van der Waals surface area contributed by atoms with Crippen LogP contribution in [0.2, 0.25) is 5.02 Å². The summed E-state index contributed by atoms with van der Waals surface area (Å²) in [5, 5.41) is 0.675. The van der Waals surface area contributed by atoms with E-state index in [1.54, 1.807) is 18.0 Å². The van der Waals surface area contributed by atoms with Gasteiger partial charge in [0.1, 0.15) is 0 Å². The van der Waals surface area contributed by atoms with Gasteiger partial charge in [-0.3, -0.25) is 4.79 Å². The molecule has 0 aromatic heterocycles. The van der Waals surface area contributed by atoms with Crippen molar-refractivity contribution >= 4 is 35.6 Å². The van der Waals surface area contributed by atoms with Crippen LogP contribution in [-0.4, -0.2) is 19.0 Å². The number of nitrogens with zero attached hydrogens (tertiary/aromatic N) is 1. The number of benzene rings is 1. The maximum absolute atomic E-state index is 11.9. The molecule has 1 amide bonds. The minimum atomic E-state index is 0. The van der Waals surface area contributed by atoms with E-state index in [-0.39, 0.29) is 24.4 Å². The van der Waals surface area contributed by atoms with Gasteiger partial charge < -0.3 is 10.6 Å². The fraction of sp³-hybridized carbons (Fsp3) is 0.462. The van der Waals surface area contributed by atoms with Gasteiger partial charge in [-0.15, -0.1) is 12.4 Å². The van der Waals surface area contributed by atoms with Crippen LogP contribution in [0.5, 0.6) is 0 Å². The van der Waals surface area contributed by atoms with Crippen LogP contribution in [0, 0.1) is 6.92 Å². The summed E-state index contributed by atoms with van der Waals surface area (Å²) in [5.74, 6) is 0.0576. The SMILES string of the molecule is Cc1ccc(N(C)C(=O)CCC(C)N)cc1Cl.Cl. The highest BCUT2D eigenvalue weighted by Gasteiger charge is 2.12. The Morgan fingerprint density at radius 2 is 2.11 bits per heavy atom. The number of hydrogen-bond donors (Lipinski definition) is 1. The lowest BCUT2D eigenvalue weighted by Gasteiger charge is -2.18. The number of anilines is 1. The summed E-state index contributed by atoms with van der Waals surface area (Å²) in [6.45, 7) is 3.83. The third-order valence-electron chi connectivity index (χ3n) is 2.73. The lowest BCUT2D eigenvalue weighted by molar-refractivity contribution is -0.118. The molecule has 0 aliphatic rings. The minimum Gasteiger partial charge on any atom is -0.328 e. The molecule has 0 aliphatic heterocycles. The topological polar surface area (TPSA) is 46.3 Å². The summed E-state index contributed by atoms with van der Waals surface area (Å²) in [6, 6.07) is 5.66. The number of aryl methyl sites for hydroxylation is 1. The second-order valence-corrected chi connectivity index (χ2v) is 4.81. The maximum Gasteiger partial charge on any atom is 0.226 e. The van der Waals surface area contributed by atoms with Crippen LogP contribution in [0.4, 0.5) is 5.69 Å². The van der Waals surface area contributed by atoms with Crippen molar-refractivity contribution in [3.63, 3.8) is 0 Å². The normalized spacial score (nSPS) is 11.6. The van der Waals surface area contributed by atoms with Crippen LogP contribution in [0.25, 0.3) is 0 Å². The first-order valence-corrected chi connectivity index (χ1v) is 6.08. The van der Waals surface area contributed by atoms with E-state index in [4.69, 9.17) is 17.3 Å². The van der Waals surface area contributed by atoms with Gasteiger partial charge in [0.2, 0.25) is 5.91 Å². The lowest BCUT2D eigenvalue weighted by Crippen LogP contribution is -2.28. The van der Waals surface area contributed by atoms with Gasteiger partial charge in [0, 0.05) is 30.2 Å². The van der Waals surface area contributed by atoms with Crippen molar-refractivity contribution in [2.24, 2.45) is 5.73 Å². The van der Waals surface area contributed by atoms with Crippen molar-refractivity contribution in [1.82, 2.24) is 0 Å². The molecule has 0 saturated heterocycles. The number of carbonyl (C=O) groups excluding carboxylic acids is 1. The van der Waals surface area contributed by atoms with Gasteiger partial charge >= 0.3 is 0 Å². The maximum atomic E-state index is 11.9. The van der Waals surface area contributed by atoms with Gasteiger partial charge in [-0.25, -0.2) is 0 Å². The van der Waals surface area contributed by atoms with Crippen molar-refractivity contribution in [2.75, 3.05) is 11.9 Å². The Morgan fingerprint density at radius 1 is 1.50 bits per heavy atom. The average Bonchev–Trinajstić information content (AvgIpc) is 2.28. The van der Waals surface area contributed by atoms with Crippen LogP contribution < -0.4 is 10.6 Å². The standard InChI is InChI=1S/C13H19ClN2O.ClH/c1-9-4-6-11(8-12(9)14)16(3)13(17)7-5-10(2)15;/h4,6,8,10H,5,7,15H2,1-3H3;1H. The molecular formula is C13H20Cl2N2O. The highest BCUT2D eigenvalue weighted by molar-refractivity contribution is 6.31. The van der Waals surface area contributed by atoms with E-state index in [1.807, 2.05) is 26.0 Å². The zero-order valence-corrected chi connectivity index (χ0v) is 12.5. The molecular weight excluding hydrogens is 271 g/mol. The van der Waals surface area contributed by atoms with E-state index in [0.717, 1.165) is 11.3 Å². The first-order chi connectivity index (χ1) is 7.91. The summed E-state index contributed by atoms with van der Waals surface area (Å²) in [7, 11) is 1.75. The Morgan fingerprint density at radius 3 is 2.61 bits per heavy atom. The van der Waals surface area contributed by atoms with E-state index in [2.05, 4.69) is 0 Å². The second kappa shape index (κ2) is 7.62. The number of rotatable bonds is 4. The molecule has 1 unspecified atom stereocenters. The smallest absolute Gasteiger partial charge is 0.226 e. The van der Waals surface area contributed by atoms with Gasteiger partial charge in [-0.05, 0) is 38.0 Å². The van der Waals surface area contributed by atoms with Crippen LogP contribution >= 0.6 is 24.0 Å². The van der Waals surface area contributed by atoms with Crippen molar-refractivity contribution in [3.05, 3.63) is 28.8 Å². The summed E-state index contributed by atoms with van der Waals surface area (Å²) in [4.78, 5) is 13.5. The van der Waals surface area contributed by atoms with E-state index < -0.39 is 0 Å². The summed E-state index contributed by atoms with van der Waals surface area (Å²) < 4.78 is 0. The monoisotopic (exact) mass is 290 g/mol. The fourth-order valence-corrected chi connectivity index (χ4v) is 1.63. The lowest BCUT2D eigenvalue weighted by atomic mass is 10.1. The van der Waals surface area contributed by atoms with Gasteiger partial charge in [-0.1, -0.05) is 17.7 Å².